The summed E-state index contributed by atoms with van der Waals surface area (Å²) in [5.74, 6) is -0.769. The number of amides is 2. The third kappa shape index (κ3) is 4.04. The zero-order chi connectivity index (χ0) is 25.9. The highest BCUT2D eigenvalue weighted by atomic mass is 32.2. The van der Waals surface area contributed by atoms with E-state index in [9.17, 15) is 31.2 Å². The maximum Gasteiger partial charge on any atom is 0.433 e. The van der Waals surface area contributed by atoms with E-state index in [1.165, 1.54) is 28.8 Å². The second-order valence-corrected chi connectivity index (χ2v) is 11.3. The van der Waals surface area contributed by atoms with Crippen molar-refractivity contribution in [3.05, 3.63) is 47.9 Å². The number of nitrogens with zero attached hydrogens (tertiary/aromatic N) is 4. The molecule has 0 radical (unpaired) electrons. The second-order valence-electron chi connectivity index (χ2n) is 8.80. The molecule has 190 valence electrons. The zero-order valence-corrected chi connectivity index (χ0v) is 19.7. The Bertz CT molecular complexity index is 1500. The molecule has 2 aliphatic rings. The van der Waals surface area contributed by atoms with Crippen molar-refractivity contribution < 1.29 is 35.9 Å². The van der Waals surface area contributed by atoms with Gasteiger partial charge in [-0.05, 0) is 24.6 Å². The molecule has 0 atom stereocenters. The van der Waals surface area contributed by atoms with Gasteiger partial charge in [-0.2, -0.15) is 18.3 Å². The Morgan fingerprint density at radius 3 is 2.58 bits per heavy atom. The van der Waals surface area contributed by atoms with Crippen LogP contribution in [0.4, 0.5) is 18.9 Å². The Hall–Kier alpha value is -3.68. The predicted molar refractivity (Wildman–Crippen MR) is 121 cm³/mol. The lowest BCUT2D eigenvalue weighted by atomic mass is 9.94. The largest absolute Gasteiger partial charge is 0.494 e. The van der Waals surface area contributed by atoms with Crippen molar-refractivity contribution >= 4 is 38.2 Å². The standard InChI is InChI=1S/C22H20F3N5O5S/c1-35-17-8-15-13(7-16(17)27-20(32)14-3-2-4-18(26-14)22(23,24)25)9-30(28-15)10-19(31)29-11-21(12-29)5-6-36(21,33)34/h2-4,7-9H,5-6,10-12H2,1H3,(H,27,32). The molecule has 1 N–H and O–H groups in total. The number of rotatable bonds is 5. The number of anilines is 1. The van der Waals surface area contributed by atoms with Gasteiger partial charge in [0, 0.05) is 30.7 Å². The number of hydrogen-bond acceptors (Lipinski definition) is 7. The molecule has 0 saturated carbocycles. The van der Waals surface area contributed by atoms with Crippen molar-refractivity contribution in [1.29, 1.82) is 0 Å². The minimum atomic E-state index is -4.69. The van der Waals surface area contributed by atoms with E-state index in [0.717, 1.165) is 18.2 Å². The summed E-state index contributed by atoms with van der Waals surface area (Å²) in [6.07, 6.45) is -2.56. The first-order chi connectivity index (χ1) is 16.9. The lowest BCUT2D eigenvalue weighted by molar-refractivity contribution is -0.141. The number of nitrogens with one attached hydrogen (secondary N) is 1. The van der Waals surface area contributed by atoms with Crippen molar-refractivity contribution in [3.8, 4) is 5.75 Å². The summed E-state index contributed by atoms with van der Waals surface area (Å²) in [7, 11) is -1.77. The molecule has 1 aromatic carbocycles. The van der Waals surface area contributed by atoms with Crippen LogP contribution in [0.1, 0.15) is 22.6 Å². The number of fused-ring (bicyclic) bond motifs is 1. The summed E-state index contributed by atoms with van der Waals surface area (Å²) in [5.41, 5.74) is -0.975. The van der Waals surface area contributed by atoms with Crippen molar-refractivity contribution in [2.45, 2.75) is 23.9 Å². The lowest BCUT2D eigenvalue weighted by Crippen LogP contribution is -2.72. The molecule has 36 heavy (non-hydrogen) atoms. The minimum absolute atomic E-state index is 0.108. The molecule has 2 aromatic heterocycles. The Labute approximate surface area is 203 Å². The van der Waals surface area contributed by atoms with Crippen LogP contribution in [0.25, 0.3) is 10.9 Å². The number of methoxy groups -OCH3 is 1. The number of ether oxygens (including phenoxy) is 1. The predicted octanol–water partition coefficient (Wildman–Crippen LogP) is 2.11. The first-order valence-electron chi connectivity index (χ1n) is 10.8. The molecule has 5 rings (SSSR count). The topological polar surface area (TPSA) is 123 Å². The summed E-state index contributed by atoms with van der Waals surface area (Å²) in [6.45, 7) is 0.258. The minimum Gasteiger partial charge on any atom is -0.494 e. The number of carbonyl (C=O) groups is 2. The number of likely N-dealkylation sites (tertiary alicyclic amines) is 1. The van der Waals surface area contributed by atoms with Crippen molar-refractivity contribution in [2.75, 3.05) is 31.3 Å². The van der Waals surface area contributed by atoms with Crippen LogP contribution < -0.4 is 10.1 Å². The highest BCUT2D eigenvalue weighted by molar-refractivity contribution is 7.94. The smallest absolute Gasteiger partial charge is 0.433 e. The van der Waals surface area contributed by atoms with Crippen LogP contribution in [0.5, 0.6) is 5.75 Å². The van der Waals surface area contributed by atoms with Gasteiger partial charge in [-0.15, -0.1) is 0 Å². The van der Waals surface area contributed by atoms with Gasteiger partial charge in [0.05, 0.1) is 24.1 Å². The van der Waals surface area contributed by atoms with Crippen molar-refractivity contribution in [3.63, 3.8) is 0 Å². The van der Waals surface area contributed by atoms with Crippen LogP contribution in [0.15, 0.2) is 36.5 Å². The molecular formula is C22H20F3N5O5S. The van der Waals surface area contributed by atoms with E-state index in [1.807, 2.05) is 0 Å². The van der Waals surface area contributed by atoms with Gasteiger partial charge in [-0.3, -0.25) is 14.3 Å². The first kappa shape index (κ1) is 24.0. The lowest BCUT2D eigenvalue weighted by Gasteiger charge is -2.54. The average Bonchev–Trinajstić information content (AvgIpc) is 3.17. The summed E-state index contributed by atoms with van der Waals surface area (Å²) in [4.78, 5) is 30.0. The van der Waals surface area contributed by atoms with E-state index >= 15 is 0 Å². The summed E-state index contributed by atoms with van der Waals surface area (Å²) in [5, 5.41) is 7.38. The fraction of sp³-hybridized carbons (Fsp3) is 0.364. The molecular weight excluding hydrogens is 503 g/mol. The SMILES string of the molecule is COc1cc2nn(CC(=O)N3CC4(CCS4(=O)=O)C3)cc2cc1NC(=O)c1cccc(C(F)(F)F)n1. The molecule has 3 aromatic rings. The molecule has 2 saturated heterocycles. The van der Waals surface area contributed by atoms with Gasteiger partial charge in [0.2, 0.25) is 5.91 Å². The number of aromatic nitrogens is 3. The van der Waals surface area contributed by atoms with E-state index in [1.54, 1.807) is 6.20 Å². The van der Waals surface area contributed by atoms with E-state index in [0.29, 0.717) is 17.3 Å². The summed E-state index contributed by atoms with van der Waals surface area (Å²) in [6, 6.07) is 6.06. The van der Waals surface area contributed by atoms with Gasteiger partial charge in [-0.25, -0.2) is 13.4 Å². The number of alkyl halides is 3. The van der Waals surface area contributed by atoms with Crippen LogP contribution in [-0.2, 0) is 27.4 Å². The molecule has 10 nitrogen and oxygen atoms in total. The van der Waals surface area contributed by atoms with E-state index in [4.69, 9.17) is 4.74 Å². The molecule has 2 amide bonds. The molecule has 2 aliphatic heterocycles. The van der Waals surface area contributed by atoms with Crippen LogP contribution in [-0.4, -0.2) is 70.6 Å². The van der Waals surface area contributed by atoms with Crippen molar-refractivity contribution in [2.24, 2.45) is 0 Å². The third-order valence-electron chi connectivity index (χ3n) is 6.49. The molecule has 14 heteroatoms. The normalized spacial score (nSPS) is 17.9. The van der Waals surface area contributed by atoms with Crippen LogP contribution in [0, 0.1) is 0 Å². The van der Waals surface area contributed by atoms with Crippen molar-refractivity contribution in [1.82, 2.24) is 19.7 Å². The maximum atomic E-state index is 12.9. The number of benzene rings is 1. The van der Waals surface area contributed by atoms with Gasteiger partial charge in [-0.1, -0.05) is 6.07 Å². The fourth-order valence-electron chi connectivity index (χ4n) is 4.33. The molecule has 2 fully saturated rings. The summed E-state index contributed by atoms with van der Waals surface area (Å²) >= 11 is 0. The number of hydrogen-bond donors (Lipinski definition) is 1. The second kappa shape index (κ2) is 8.18. The van der Waals surface area contributed by atoms with E-state index < -0.39 is 38.1 Å². The highest BCUT2D eigenvalue weighted by Gasteiger charge is 2.60. The molecule has 4 heterocycles. The Morgan fingerprint density at radius 1 is 1.22 bits per heavy atom. The molecule has 0 aliphatic carbocycles. The van der Waals surface area contributed by atoms with Gasteiger partial charge in [0.1, 0.15) is 28.4 Å². The summed E-state index contributed by atoms with van der Waals surface area (Å²) < 4.78 is 68.6. The molecule has 0 bridgehead atoms. The quantitative estimate of drug-likeness (QED) is 0.543. The first-order valence-corrected chi connectivity index (χ1v) is 12.5. The third-order valence-corrected chi connectivity index (χ3v) is 9.01. The highest BCUT2D eigenvalue weighted by Crippen LogP contribution is 2.42. The zero-order valence-electron chi connectivity index (χ0n) is 18.9. The Kier molecular flexibility index (Phi) is 5.46. The van der Waals surface area contributed by atoms with Gasteiger partial charge in [0.25, 0.3) is 5.91 Å². The van der Waals surface area contributed by atoms with E-state index in [2.05, 4.69) is 15.4 Å². The number of halogens is 3. The Balaban J connectivity index is 1.32. The Morgan fingerprint density at radius 2 is 1.97 bits per heavy atom. The number of sulfone groups is 1. The average molecular weight is 523 g/mol. The molecule has 0 unspecified atom stereocenters. The van der Waals surface area contributed by atoms with Gasteiger partial charge in [0.15, 0.2) is 9.84 Å². The fourth-order valence-corrected chi connectivity index (χ4v) is 6.15. The van der Waals surface area contributed by atoms with Gasteiger partial charge < -0.3 is 15.0 Å². The van der Waals surface area contributed by atoms with E-state index in [-0.39, 0.29) is 42.7 Å². The number of carbonyl (C=O) groups excluding carboxylic acids is 2. The van der Waals surface area contributed by atoms with Crippen LogP contribution in [0.3, 0.4) is 0 Å². The van der Waals surface area contributed by atoms with Gasteiger partial charge >= 0.3 is 6.18 Å². The monoisotopic (exact) mass is 523 g/mol. The van der Waals surface area contributed by atoms with Crippen LogP contribution >= 0.6 is 0 Å². The molecule has 1 spiro atoms. The maximum absolute atomic E-state index is 12.9. The number of pyridine rings is 1. The van der Waals surface area contributed by atoms with Crippen LogP contribution in [0.2, 0.25) is 0 Å².